The summed E-state index contributed by atoms with van der Waals surface area (Å²) in [5.41, 5.74) is 7.32. The van der Waals surface area contributed by atoms with Crippen LogP contribution in [0.5, 0.6) is 0 Å². The lowest BCUT2D eigenvalue weighted by Gasteiger charge is -2.13. The van der Waals surface area contributed by atoms with Crippen molar-refractivity contribution >= 4 is 50.0 Å². The van der Waals surface area contributed by atoms with Crippen LogP contribution in [0.15, 0.2) is 141 Å². The largest absolute Gasteiger partial charge is 0.446 e. The van der Waals surface area contributed by atoms with Crippen molar-refractivity contribution in [2.45, 2.75) is 12.8 Å². The average Bonchev–Trinajstić information content (AvgIpc) is 3.92. The van der Waals surface area contributed by atoms with Crippen LogP contribution in [-0.2, 0) is 6.42 Å². The Morgan fingerprint density at radius 2 is 1.23 bits per heavy atom. The Morgan fingerprint density at radius 1 is 0.577 bits per heavy atom. The lowest BCUT2D eigenvalue weighted by atomic mass is 10.0. The fraction of sp³-hybridized carbons (Fsp3) is 0.0465. The molecule has 0 aliphatic heterocycles. The minimum Gasteiger partial charge on any atom is -0.446 e. The van der Waals surface area contributed by atoms with Gasteiger partial charge in [-0.05, 0) is 37.1 Å². The molecule has 5 aromatic heterocycles. The standard InChI is InChI=1S/C43H26N6O3/c50-42-35-29(41-45-39(25-13-3-1-4-14-25)44-40(46-41)26-15-5-2-6-16-26)19-11-23-33(35)48-36-30-20-12-24-34(37(30)52-38(36)43(51)49(42)48)47-31-21-9-7-17-27(31)28-18-8-10-22-32(28)47/h1-9,11-21,23-24H,10,22H2. The zero-order valence-electron chi connectivity index (χ0n) is 27.5. The van der Waals surface area contributed by atoms with Gasteiger partial charge in [0.2, 0.25) is 5.58 Å². The number of allylic oxidation sites excluding steroid dienone is 1. The summed E-state index contributed by atoms with van der Waals surface area (Å²) in [5, 5.41) is 2.25. The summed E-state index contributed by atoms with van der Waals surface area (Å²) in [7, 11) is 0. The number of hydrogen-bond donors (Lipinski definition) is 0. The Bertz CT molecular complexity index is 3170. The second kappa shape index (κ2) is 10.7. The van der Waals surface area contributed by atoms with E-state index in [0.29, 0.717) is 45.0 Å². The molecule has 9 heteroatoms. The summed E-state index contributed by atoms with van der Waals surface area (Å²) < 4.78 is 11.6. The van der Waals surface area contributed by atoms with E-state index in [0.717, 1.165) is 40.6 Å². The van der Waals surface area contributed by atoms with Crippen molar-refractivity contribution < 1.29 is 4.42 Å². The van der Waals surface area contributed by atoms with E-state index in [9.17, 15) is 9.59 Å². The van der Waals surface area contributed by atoms with E-state index in [4.69, 9.17) is 19.4 Å². The molecule has 0 spiro atoms. The maximum Gasteiger partial charge on any atom is 0.318 e. The average molecular weight is 675 g/mol. The molecule has 0 radical (unpaired) electrons. The third-order valence-corrected chi connectivity index (χ3v) is 10.2. The molecular formula is C43H26N6O3. The van der Waals surface area contributed by atoms with Crippen LogP contribution in [0.1, 0.15) is 17.7 Å². The fourth-order valence-corrected chi connectivity index (χ4v) is 7.93. The van der Waals surface area contributed by atoms with E-state index in [1.807, 2.05) is 103 Å². The maximum atomic E-state index is 14.4. The van der Waals surface area contributed by atoms with Crippen LogP contribution in [0, 0.1) is 0 Å². The Labute approximate surface area is 294 Å². The van der Waals surface area contributed by atoms with Gasteiger partial charge in [-0.25, -0.2) is 19.5 Å². The van der Waals surface area contributed by atoms with Gasteiger partial charge in [-0.2, -0.15) is 4.52 Å². The van der Waals surface area contributed by atoms with E-state index in [2.05, 4.69) is 34.9 Å². The lowest BCUT2D eigenvalue weighted by molar-refractivity contribution is 0.658. The molecule has 0 fully saturated rings. The molecule has 0 bridgehead atoms. The van der Waals surface area contributed by atoms with Gasteiger partial charge in [0.15, 0.2) is 23.1 Å². The van der Waals surface area contributed by atoms with Gasteiger partial charge in [-0.15, -0.1) is 0 Å². The van der Waals surface area contributed by atoms with Crippen LogP contribution < -0.4 is 11.1 Å². The number of fused-ring (bicyclic) bond motifs is 10. The molecule has 0 N–H and O–H groups in total. The maximum absolute atomic E-state index is 14.4. The van der Waals surface area contributed by atoms with Gasteiger partial charge in [0.1, 0.15) is 5.52 Å². The molecule has 11 rings (SSSR count). The van der Waals surface area contributed by atoms with E-state index in [1.165, 1.54) is 21.2 Å². The number of rotatable bonds is 4. The fourth-order valence-electron chi connectivity index (χ4n) is 7.93. The Morgan fingerprint density at radius 3 is 2.00 bits per heavy atom. The van der Waals surface area contributed by atoms with Crippen molar-refractivity contribution in [1.82, 2.24) is 28.5 Å². The van der Waals surface area contributed by atoms with Gasteiger partial charge < -0.3 is 8.98 Å². The van der Waals surface area contributed by atoms with E-state index >= 15 is 0 Å². The SMILES string of the molecule is O=c1c2oc3c(-n4c5c(c6ccccc64)C=CCC5)cccc3c2n2c3cccc(-c4nc(-c5ccccc5)nc(-c5ccccc5)n4)c3c(=O)n12. The molecule has 0 amide bonds. The van der Waals surface area contributed by atoms with Crippen molar-refractivity contribution in [3.8, 4) is 39.9 Å². The van der Waals surface area contributed by atoms with Gasteiger partial charge in [0.05, 0.1) is 22.1 Å². The molecule has 0 saturated carbocycles. The second-order valence-corrected chi connectivity index (χ2v) is 13.1. The van der Waals surface area contributed by atoms with Crippen LogP contribution in [0.4, 0.5) is 0 Å². The summed E-state index contributed by atoms with van der Waals surface area (Å²) in [6, 6.07) is 39.2. The number of furan rings is 1. The zero-order chi connectivity index (χ0) is 34.5. The summed E-state index contributed by atoms with van der Waals surface area (Å²) >= 11 is 0. The van der Waals surface area contributed by atoms with Crippen LogP contribution in [-0.4, -0.2) is 28.5 Å². The van der Waals surface area contributed by atoms with Crippen molar-refractivity contribution in [3.05, 3.63) is 159 Å². The van der Waals surface area contributed by atoms with Crippen LogP contribution in [0.25, 0.3) is 89.8 Å². The third kappa shape index (κ3) is 3.90. The number of hydrogen-bond acceptors (Lipinski definition) is 6. The topological polar surface area (TPSA) is 99.7 Å². The molecule has 10 aromatic rings. The highest BCUT2D eigenvalue weighted by Gasteiger charge is 2.28. The lowest BCUT2D eigenvalue weighted by Crippen LogP contribution is -2.21. The molecule has 5 heterocycles. The first kappa shape index (κ1) is 28.7. The summed E-state index contributed by atoms with van der Waals surface area (Å²) in [5.74, 6) is 1.30. The zero-order valence-corrected chi connectivity index (χ0v) is 27.5. The molecule has 52 heavy (non-hydrogen) atoms. The highest BCUT2D eigenvalue weighted by atomic mass is 16.3. The Balaban J connectivity index is 1.19. The predicted octanol–water partition coefficient (Wildman–Crippen LogP) is 8.34. The normalized spacial score (nSPS) is 12.9. The first-order chi connectivity index (χ1) is 25.7. The van der Waals surface area contributed by atoms with Crippen LogP contribution in [0.3, 0.4) is 0 Å². The summed E-state index contributed by atoms with van der Waals surface area (Å²) in [6.07, 6.45) is 6.24. The van der Waals surface area contributed by atoms with Crippen LogP contribution in [0.2, 0.25) is 0 Å². The second-order valence-electron chi connectivity index (χ2n) is 13.1. The number of aromatic nitrogens is 6. The first-order valence-corrected chi connectivity index (χ1v) is 17.2. The van der Waals surface area contributed by atoms with Crippen molar-refractivity contribution in [3.63, 3.8) is 0 Å². The third-order valence-electron chi connectivity index (χ3n) is 10.2. The molecule has 0 saturated heterocycles. The highest BCUT2D eigenvalue weighted by Crippen LogP contribution is 2.39. The monoisotopic (exact) mass is 674 g/mol. The smallest absolute Gasteiger partial charge is 0.318 e. The minimum absolute atomic E-state index is 0.134. The molecule has 9 nitrogen and oxygen atoms in total. The molecule has 1 aliphatic rings. The molecule has 246 valence electrons. The number of nitrogens with zero attached hydrogens (tertiary/aromatic N) is 6. The number of para-hydroxylation sites is 2. The quantitative estimate of drug-likeness (QED) is 0.186. The first-order valence-electron chi connectivity index (χ1n) is 17.2. The highest BCUT2D eigenvalue weighted by molar-refractivity contribution is 6.08. The summed E-state index contributed by atoms with van der Waals surface area (Å²) in [6.45, 7) is 0. The Kier molecular flexibility index (Phi) is 5.89. The molecular weight excluding hydrogens is 649 g/mol. The minimum atomic E-state index is -0.516. The van der Waals surface area contributed by atoms with Crippen molar-refractivity contribution in [1.29, 1.82) is 0 Å². The number of benzene rings is 5. The van der Waals surface area contributed by atoms with Crippen molar-refractivity contribution in [2.24, 2.45) is 0 Å². The van der Waals surface area contributed by atoms with E-state index < -0.39 is 11.1 Å². The van der Waals surface area contributed by atoms with Crippen molar-refractivity contribution in [2.75, 3.05) is 0 Å². The summed E-state index contributed by atoms with van der Waals surface area (Å²) in [4.78, 5) is 43.2. The van der Waals surface area contributed by atoms with Gasteiger partial charge in [0.25, 0.3) is 5.56 Å². The van der Waals surface area contributed by atoms with E-state index in [-0.39, 0.29) is 5.58 Å². The van der Waals surface area contributed by atoms with Gasteiger partial charge >= 0.3 is 5.56 Å². The molecule has 1 aliphatic carbocycles. The van der Waals surface area contributed by atoms with Gasteiger partial charge in [-0.1, -0.05) is 109 Å². The molecule has 0 unspecified atom stereocenters. The van der Waals surface area contributed by atoms with Gasteiger partial charge in [0, 0.05) is 38.7 Å². The molecule has 5 aromatic carbocycles. The predicted molar refractivity (Wildman–Crippen MR) is 203 cm³/mol. The van der Waals surface area contributed by atoms with E-state index in [1.54, 1.807) is 4.52 Å². The van der Waals surface area contributed by atoms with Gasteiger partial charge in [-0.3, -0.25) is 9.59 Å². The van der Waals surface area contributed by atoms with Crippen LogP contribution >= 0.6 is 0 Å². The molecule has 0 atom stereocenters. The Hall–Kier alpha value is -7.13.